The molecule has 1 N–H and O–H groups in total. The van der Waals surface area contributed by atoms with Crippen LogP contribution in [0, 0.1) is 6.92 Å². The summed E-state index contributed by atoms with van der Waals surface area (Å²) in [5, 5.41) is 2.96. The second-order valence-electron chi connectivity index (χ2n) is 9.12. The maximum absolute atomic E-state index is 13.1. The summed E-state index contributed by atoms with van der Waals surface area (Å²) in [5.74, 6) is 0.121. The molecule has 2 amide bonds. The summed E-state index contributed by atoms with van der Waals surface area (Å²) in [7, 11) is 0. The van der Waals surface area contributed by atoms with Gasteiger partial charge in [0, 0.05) is 38.8 Å². The molecule has 164 valence electrons. The Hall–Kier alpha value is -1.92. The lowest BCUT2D eigenvalue weighted by Gasteiger charge is -2.41. The van der Waals surface area contributed by atoms with E-state index in [9.17, 15) is 9.59 Å². The summed E-state index contributed by atoms with van der Waals surface area (Å²) in [4.78, 5) is 32.5. The molecule has 0 spiro atoms. The first kappa shape index (κ1) is 21.3. The third-order valence-electron chi connectivity index (χ3n) is 7.17. The highest BCUT2D eigenvalue weighted by Gasteiger charge is 2.34. The van der Waals surface area contributed by atoms with E-state index in [4.69, 9.17) is 0 Å². The molecule has 0 saturated carbocycles. The average molecular weight is 413 g/mol. The zero-order valence-electron chi connectivity index (χ0n) is 18.3. The van der Waals surface area contributed by atoms with Crippen LogP contribution in [0.1, 0.15) is 49.7 Å². The van der Waals surface area contributed by atoms with Gasteiger partial charge in [-0.2, -0.15) is 0 Å². The van der Waals surface area contributed by atoms with Crippen LogP contribution in [0.3, 0.4) is 0 Å². The van der Waals surface area contributed by atoms with Gasteiger partial charge in [0.25, 0.3) is 0 Å². The van der Waals surface area contributed by atoms with Crippen LogP contribution in [0.5, 0.6) is 0 Å². The molecule has 6 heteroatoms. The van der Waals surface area contributed by atoms with Gasteiger partial charge in [-0.1, -0.05) is 30.7 Å². The molecule has 0 aliphatic carbocycles. The largest absolute Gasteiger partial charge is 0.353 e. The van der Waals surface area contributed by atoms with E-state index in [-0.39, 0.29) is 24.3 Å². The molecule has 3 aliphatic heterocycles. The van der Waals surface area contributed by atoms with E-state index in [1.165, 1.54) is 43.5 Å². The molecule has 30 heavy (non-hydrogen) atoms. The van der Waals surface area contributed by atoms with Crippen molar-refractivity contribution in [3.8, 4) is 0 Å². The first-order valence-corrected chi connectivity index (χ1v) is 11.7. The van der Waals surface area contributed by atoms with Gasteiger partial charge in [-0.15, -0.1) is 0 Å². The predicted octanol–water partition coefficient (Wildman–Crippen LogP) is 2.16. The fourth-order valence-corrected chi connectivity index (χ4v) is 5.24. The van der Waals surface area contributed by atoms with Crippen LogP contribution in [0.15, 0.2) is 24.3 Å². The SMILES string of the molecule is Cc1ccccc1CN1CCNC(=O)C1CC(=O)N1CCC(N2CCCCC2)CC1. The Bertz CT molecular complexity index is 738. The van der Waals surface area contributed by atoms with Gasteiger partial charge >= 0.3 is 0 Å². The van der Waals surface area contributed by atoms with Crippen molar-refractivity contribution in [2.75, 3.05) is 39.3 Å². The summed E-state index contributed by atoms with van der Waals surface area (Å²) in [6.07, 6.45) is 6.40. The number of nitrogens with one attached hydrogen (secondary N) is 1. The Kier molecular flexibility index (Phi) is 7.05. The van der Waals surface area contributed by atoms with Crippen LogP contribution in [0.25, 0.3) is 0 Å². The summed E-state index contributed by atoms with van der Waals surface area (Å²) in [6.45, 7) is 8.34. The van der Waals surface area contributed by atoms with Crippen molar-refractivity contribution in [1.29, 1.82) is 0 Å². The average Bonchev–Trinajstić information content (AvgIpc) is 2.78. The van der Waals surface area contributed by atoms with E-state index < -0.39 is 0 Å². The Morgan fingerprint density at radius 3 is 2.50 bits per heavy atom. The van der Waals surface area contributed by atoms with Crippen LogP contribution in [-0.2, 0) is 16.1 Å². The standard InChI is InChI=1S/C24H36N4O2/c1-19-7-3-4-8-20(19)18-28-16-11-25-24(30)22(28)17-23(29)27-14-9-21(10-15-27)26-12-5-2-6-13-26/h3-4,7-8,21-22H,2,5-6,9-18H2,1H3,(H,25,30). The van der Waals surface area contributed by atoms with E-state index in [2.05, 4.69) is 34.2 Å². The first-order chi connectivity index (χ1) is 14.6. The molecule has 1 aromatic rings. The van der Waals surface area contributed by atoms with E-state index in [1.54, 1.807) is 0 Å². The zero-order valence-corrected chi connectivity index (χ0v) is 18.3. The molecule has 3 fully saturated rings. The molecule has 1 atom stereocenters. The van der Waals surface area contributed by atoms with Crippen LogP contribution < -0.4 is 5.32 Å². The molecule has 4 rings (SSSR count). The van der Waals surface area contributed by atoms with Crippen molar-refractivity contribution in [2.24, 2.45) is 0 Å². The molecule has 0 bridgehead atoms. The summed E-state index contributed by atoms with van der Waals surface area (Å²) in [5.41, 5.74) is 2.46. The van der Waals surface area contributed by atoms with Crippen molar-refractivity contribution in [3.63, 3.8) is 0 Å². The zero-order chi connectivity index (χ0) is 20.9. The monoisotopic (exact) mass is 412 g/mol. The molecule has 0 radical (unpaired) electrons. The van der Waals surface area contributed by atoms with Gasteiger partial charge in [-0.3, -0.25) is 14.5 Å². The van der Waals surface area contributed by atoms with Crippen LogP contribution in [-0.4, -0.2) is 77.9 Å². The number of aryl methyl sites for hydroxylation is 1. The number of amides is 2. The number of likely N-dealkylation sites (tertiary alicyclic amines) is 2. The highest BCUT2D eigenvalue weighted by molar-refractivity contribution is 5.88. The Labute approximate surface area is 180 Å². The quantitative estimate of drug-likeness (QED) is 0.805. The highest BCUT2D eigenvalue weighted by atomic mass is 16.2. The third kappa shape index (κ3) is 5.03. The number of hydrogen-bond acceptors (Lipinski definition) is 4. The van der Waals surface area contributed by atoms with Gasteiger partial charge in [0.1, 0.15) is 0 Å². The minimum atomic E-state index is -0.370. The maximum Gasteiger partial charge on any atom is 0.237 e. The third-order valence-corrected chi connectivity index (χ3v) is 7.17. The number of carbonyl (C=O) groups excluding carboxylic acids is 2. The molecular weight excluding hydrogens is 376 g/mol. The van der Waals surface area contributed by atoms with Crippen molar-refractivity contribution in [3.05, 3.63) is 35.4 Å². The Morgan fingerprint density at radius 2 is 1.77 bits per heavy atom. The molecular formula is C24H36N4O2. The van der Waals surface area contributed by atoms with Gasteiger partial charge in [0.15, 0.2) is 0 Å². The minimum absolute atomic E-state index is 0.00798. The van der Waals surface area contributed by atoms with Crippen molar-refractivity contribution < 1.29 is 9.59 Å². The van der Waals surface area contributed by atoms with Gasteiger partial charge in [-0.05, 0) is 56.8 Å². The van der Waals surface area contributed by atoms with E-state index in [0.717, 1.165) is 39.0 Å². The van der Waals surface area contributed by atoms with Gasteiger partial charge in [0.2, 0.25) is 11.8 Å². The summed E-state index contributed by atoms with van der Waals surface area (Å²) >= 11 is 0. The molecule has 3 aliphatic rings. The van der Waals surface area contributed by atoms with E-state index in [0.29, 0.717) is 12.6 Å². The number of piperazine rings is 1. The molecule has 1 unspecified atom stereocenters. The Morgan fingerprint density at radius 1 is 1.03 bits per heavy atom. The number of piperidine rings is 2. The van der Waals surface area contributed by atoms with Crippen LogP contribution >= 0.6 is 0 Å². The normalized spacial score (nSPS) is 24.6. The van der Waals surface area contributed by atoms with E-state index >= 15 is 0 Å². The number of rotatable bonds is 5. The number of benzene rings is 1. The highest BCUT2D eigenvalue weighted by Crippen LogP contribution is 2.23. The second kappa shape index (κ2) is 9.92. The van der Waals surface area contributed by atoms with E-state index in [1.807, 2.05) is 17.0 Å². The molecule has 6 nitrogen and oxygen atoms in total. The number of carbonyl (C=O) groups is 2. The Balaban J connectivity index is 1.33. The van der Waals surface area contributed by atoms with Crippen LogP contribution in [0.2, 0.25) is 0 Å². The minimum Gasteiger partial charge on any atom is -0.353 e. The van der Waals surface area contributed by atoms with Crippen LogP contribution in [0.4, 0.5) is 0 Å². The van der Waals surface area contributed by atoms with Gasteiger partial charge in [-0.25, -0.2) is 0 Å². The molecule has 3 saturated heterocycles. The van der Waals surface area contributed by atoms with Gasteiger partial charge in [0.05, 0.1) is 12.5 Å². The number of nitrogens with zero attached hydrogens (tertiary/aromatic N) is 3. The number of hydrogen-bond donors (Lipinski definition) is 1. The van der Waals surface area contributed by atoms with Gasteiger partial charge < -0.3 is 15.1 Å². The van der Waals surface area contributed by atoms with Crippen molar-refractivity contribution >= 4 is 11.8 Å². The topological polar surface area (TPSA) is 55.9 Å². The second-order valence-corrected chi connectivity index (χ2v) is 9.12. The maximum atomic E-state index is 13.1. The summed E-state index contributed by atoms with van der Waals surface area (Å²) in [6, 6.07) is 8.56. The fourth-order valence-electron chi connectivity index (χ4n) is 5.24. The fraction of sp³-hybridized carbons (Fsp3) is 0.667. The predicted molar refractivity (Wildman–Crippen MR) is 118 cm³/mol. The smallest absolute Gasteiger partial charge is 0.237 e. The molecule has 1 aromatic carbocycles. The molecule has 3 heterocycles. The first-order valence-electron chi connectivity index (χ1n) is 11.7. The lowest BCUT2D eigenvalue weighted by Crippen LogP contribution is -2.57. The molecule has 0 aromatic heterocycles. The lowest BCUT2D eigenvalue weighted by atomic mass is 9.99. The van der Waals surface area contributed by atoms with Crippen molar-refractivity contribution in [1.82, 2.24) is 20.0 Å². The summed E-state index contributed by atoms with van der Waals surface area (Å²) < 4.78 is 0. The van der Waals surface area contributed by atoms with Crippen molar-refractivity contribution in [2.45, 2.75) is 64.1 Å². The lowest BCUT2D eigenvalue weighted by molar-refractivity contribution is -0.140.